The summed E-state index contributed by atoms with van der Waals surface area (Å²) in [5.41, 5.74) is 2.91. The molecule has 2 aliphatic heterocycles. The van der Waals surface area contributed by atoms with Gasteiger partial charge in [-0.15, -0.1) is 0 Å². The van der Waals surface area contributed by atoms with Crippen LogP contribution in [0.5, 0.6) is 11.5 Å². The quantitative estimate of drug-likeness (QED) is 0.324. The number of thioether (sulfide) groups is 1. The van der Waals surface area contributed by atoms with E-state index >= 15 is 0 Å². The van der Waals surface area contributed by atoms with E-state index in [1.165, 1.54) is 31.0 Å². The third-order valence-corrected chi connectivity index (χ3v) is 7.11. The third-order valence-electron chi connectivity index (χ3n) is 6.22. The number of hydrogen-bond acceptors (Lipinski definition) is 9. The first-order valence-electron chi connectivity index (χ1n) is 12.2. The predicted octanol–water partition coefficient (Wildman–Crippen LogP) is 4.31. The Balaban J connectivity index is 1.66. The summed E-state index contributed by atoms with van der Waals surface area (Å²) in [5.74, 6) is -0.00404. The Kier molecular flexibility index (Phi) is 9.26. The lowest BCUT2D eigenvalue weighted by Gasteiger charge is -2.36. The molecule has 206 valence electrons. The molecule has 0 bridgehead atoms. The van der Waals surface area contributed by atoms with Crippen LogP contribution in [0.4, 0.5) is 4.39 Å². The minimum absolute atomic E-state index is 0.0288. The van der Waals surface area contributed by atoms with E-state index in [4.69, 9.17) is 18.9 Å². The highest BCUT2D eigenvalue weighted by Crippen LogP contribution is 2.47. The zero-order valence-corrected chi connectivity index (χ0v) is 23.0. The van der Waals surface area contributed by atoms with E-state index in [2.05, 4.69) is 10.3 Å². The summed E-state index contributed by atoms with van der Waals surface area (Å²) in [6.45, 7) is 2.33. The fourth-order valence-electron chi connectivity index (χ4n) is 4.30. The largest absolute Gasteiger partial charge is 0.497 e. The number of nitrogens with one attached hydrogen (secondary N) is 1. The average Bonchev–Trinajstić information content (AvgIpc) is 3.33. The fraction of sp³-hybridized carbons (Fsp3) is 0.321. The number of carbonyl (C=O) groups is 2. The number of aliphatic imine (C=N–C) groups is 1. The highest BCUT2D eigenvalue weighted by Gasteiger charge is 2.42. The maximum absolute atomic E-state index is 13.4. The van der Waals surface area contributed by atoms with Crippen molar-refractivity contribution in [3.05, 3.63) is 81.8 Å². The summed E-state index contributed by atoms with van der Waals surface area (Å²) < 4.78 is 34.9. The summed E-state index contributed by atoms with van der Waals surface area (Å²) >= 11 is 1.37. The van der Waals surface area contributed by atoms with Crippen LogP contribution in [0.3, 0.4) is 0 Å². The smallest absolute Gasteiger partial charge is 0.338 e. The monoisotopic (exact) mass is 555 g/mol. The molecule has 0 spiro atoms. The molecule has 2 aliphatic rings. The van der Waals surface area contributed by atoms with Crippen LogP contribution >= 0.6 is 11.8 Å². The van der Waals surface area contributed by atoms with Crippen molar-refractivity contribution in [2.24, 2.45) is 4.99 Å². The first kappa shape index (κ1) is 28.2. The van der Waals surface area contributed by atoms with Gasteiger partial charge in [-0.05, 0) is 48.2 Å². The number of amides is 1. The van der Waals surface area contributed by atoms with E-state index in [9.17, 15) is 14.0 Å². The highest BCUT2D eigenvalue weighted by molar-refractivity contribution is 8.16. The molecular formula is C28H30FN3O6S. The molecule has 1 unspecified atom stereocenters. The summed E-state index contributed by atoms with van der Waals surface area (Å²) in [6, 6.07) is 10.6. The number of hydrogen-bond donors (Lipinski definition) is 1. The Morgan fingerprint density at radius 1 is 1.08 bits per heavy atom. The number of halogens is 1. The van der Waals surface area contributed by atoms with Gasteiger partial charge < -0.3 is 29.2 Å². The van der Waals surface area contributed by atoms with Gasteiger partial charge in [0.1, 0.15) is 23.9 Å². The maximum atomic E-state index is 13.4. The summed E-state index contributed by atoms with van der Waals surface area (Å²) in [6.07, 6.45) is 0.0288. The Hall–Kier alpha value is -3.83. The molecule has 0 aromatic heterocycles. The molecule has 2 aromatic rings. The predicted molar refractivity (Wildman–Crippen MR) is 146 cm³/mol. The molecule has 9 nitrogen and oxygen atoms in total. The van der Waals surface area contributed by atoms with Gasteiger partial charge in [-0.25, -0.2) is 14.2 Å². The number of methoxy groups -OCH3 is 3. The van der Waals surface area contributed by atoms with Crippen LogP contribution in [0.1, 0.15) is 30.5 Å². The number of ether oxygens (including phenoxy) is 4. The van der Waals surface area contributed by atoms with Crippen molar-refractivity contribution < 1.29 is 32.9 Å². The Morgan fingerprint density at radius 3 is 2.54 bits per heavy atom. The molecule has 2 aromatic carbocycles. The Labute approximate surface area is 230 Å². The van der Waals surface area contributed by atoms with Crippen LogP contribution in [-0.2, 0) is 25.6 Å². The van der Waals surface area contributed by atoms with Crippen LogP contribution in [-0.4, -0.2) is 56.5 Å². The second kappa shape index (κ2) is 12.8. The second-order valence-electron chi connectivity index (χ2n) is 8.71. The van der Waals surface area contributed by atoms with Gasteiger partial charge in [0, 0.05) is 24.9 Å². The molecule has 0 saturated carbocycles. The number of amidine groups is 1. The lowest BCUT2D eigenvalue weighted by atomic mass is 9.92. The molecule has 1 amide bonds. The number of carbonyl (C=O) groups excluding carboxylic acids is 2. The van der Waals surface area contributed by atoms with Crippen molar-refractivity contribution in [2.75, 3.05) is 34.5 Å². The van der Waals surface area contributed by atoms with Crippen molar-refractivity contribution >= 4 is 28.8 Å². The molecule has 39 heavy (non-hydrogen) atoms. The van der Waals surface area contributed by atoms with E-state index in [1.807, 2.05) is 10.3 Å². The number of fused-ring (bicyclic) bond motifs is 1. The van der Waals surface area contributed by atoms with Gasteiger partial charge >= 0.3 is 5.97 Å². The van der Waals surface area contributed by atoms with E-state index < -0.39 is 12.0 Å². The van der Waals surface area contributed by atoms with E-state index in [-0.39, 0.29) is 37.9 Å². The topological polar surface area (TPSA) is 98.7 Å². The summed E-state index contributed by atoms with van der Waals surface area (Å²) in [7, 11) is 4.64. The van der Waals surface area contributed by atoms with Gasteiger partial charge in [0.25, 0.3) is 0 Å². The molecule has 2 heterocycles. The van der Waals surface area contributed by atoms with Gasteiger partial charge in [0.05, 0.1) is 44.6 Å². The molecule has 0 saturated heterocycles. The maximum Gasteiger partial charge on any atom is 0.338 e. The average molecular weight is 556 g/mol. The van der Waals surface area contributed by atoms with Gasteiger partial charge in [0.15, 0.2) is 5.17 Å². The van der Waals surface area contributed by atoms with Gasteiger partial charge in [-0.1, -0.05) is 23.9 Å². The fourth-order valence-corrected chi connectivity index (χ4v) is 5.27. The second-order valence-corrected chi connectivity index (χ2v) is 9.55. The SMILES string of the molecule is COCCOC(=O)C1=C(C)N=C2SC=C(CC(=O)NCc3ccc(F)cc3)N2C1c1cc(OC)ccc1OC. The molecular weight excluding hydrogens is 525 g/mol. The normalized spacial score (nSPS) is 16.3. The van der Waals surface area contributed by atoms with E-state index in [0.717, 1.165) is 5.56 Å². The minimum Gasteiger partial charge on any atom is -0.497 e. The summed E-state index contributed by atoms with van der Waals surface area (Å²) in [4.78, 5) is 32.9. The van der Waals surface area contributed by atoms with Crippen molar-refractivity contribution in [1.29, 1.82) is 0 Å². The van der Waals surface area contributed by atoms with Crippen molar-refractivity contribution in [1.82, 2.24) is 10.2 Å². The zero-order valence-electron chi connectivity index (χ0n) is 22.2. The molecule has 4 rings (SSSR count). The number of rotatable bonds is 11. The lowest BCUT2D eigenvalue weighted by molar-refractivity contribution is -0.141. The van der Waals surface area contributed by atoms with Crippen LogP contribution in [0.15, 0.2) is 69.8 Å². The standard InChI is InChI=1S/C28H30FN3O6S/c1-17-25(27(34)38-12-11-35-2)26(22-14-21(36-3)9-10-23(22)37-4)32-20(16-39-28(32)31-17)13-24(33)30-15-18-5-7-19(29)8-6-18/h5-10,14,16,26H,11-13,15H2,1-4H3,(H,30,33). The number of nitrogens with zero attached hydrogens (tertiary/aromatic N) is 2. The van der Waals surface area contributed by atoms with Crippen LogP contribution < -0.4 is 14.8 Å². The molecule has 0 radical (unpaired) electrons. The molecule has 0 fully saturated rings. The zero-order chi connectivity index (χ0) is 27.9. The number of benzene rings is 2. The van der Waals surface area contributed by atoms with Crippen molar-refractivity contribution in [2.45, 2.75) is 25.9 Å². The van der Waals surface area contributed by atoms with Crippen LogP contribution in [0, 0.1) is 5.82 Å². The third kappa shape index (κ3) is 6.43. The first-order valence-corrected chi connectivity index (χ1v) is 13.1. The lowest BCUT2D eigenvalue weighted by Crippen LogP contribution is -2.38. The van der Waals surface area contributed by atoms with Gasteiger partial charge in [-0.3, -0.25) is 4.79 Å². The Bertz CT molecular complexity index is 1330. The van der Waals surface area contributed by atoms with Gasteiger partial charge in [0.2, 0.25) is 5.91 Å². The van der Waals surface area contributed by atoms with Gasteiger partial charge in [-0.2, -0.15) is 0 Å². The molecule has 1 N–H and O–H groups in total. The highest BCUT2D eigenvalue weighted by atomic mass is 32.2. The van der Waals surface area contributed by atoms with E-state index in [1.54, 1.807) is 51.5 Å². The van der Waals surface area contributed by atoms with Crippen LogP contribution in [0.2, 0.25) is 0 Å². The molecule has 0 aliphatic carbocycles. The van der Waals surface area contributed by atoms with Crippen molar-refractivity contribution in [3.63, 3.8) is 0 Å². The summed E-state index contributed by atoms with van der Waals surface area (Å²) in [5, 5.41) is 5.35. The molecule has 11 heteroatoms. The van der Waals surface area contributed by atoms with Crippen LogP contribution in [0.25, 0.3) is 0 Å². The molecule has 1 atom stereocenters. The van der Waals surface area contributed by atoms with E-state index in [0.29, 0.717) is 39.2 Å². The first-order chi connectivity index (χ1) is 18.9. The Morgan fingerprint density at radius 2 is 1.85 bits per heavy atom. The van der Waals surface area contributed by atoms with Crippen molar-refractivity contribution in [3.8, 4) is 11.5 Å². The minimum atomic E-state index is -0.691. The number of esters is 1. The number of allylic oxidation sites excluding steroid dienone is 1.